The predicted octanol–water partition coefficient (Wildman–Crippen LogP) is 0.871. The zero-order valence-corrected chi connectivity index (χ0v) is 15.8. The second kappa shape index (κ2) is 8.79. The smallest absolute Gasteiger partial charge is 0.228 e. The summed E-state index contributed by atoms with van der Waals surface area (Å²) in [6.07, 6.45) is 4.16. The molecule has 0 radical (unpaired) electrons. The highest BCUT2D eigenvalue weighted by atomic mass is 16.6. The van der Waals surface area contributed by atoms with Gasteiger partial charge in [0.15, 0.2) is 0 Å². The molecule has 9 heteroatoms. The maximum atomic E-state index is 12.4. The summed E-state index contributed by atoms with van der Waals surface area (Å²) in [4.78, 5) is 26.3. The molecule has 3 heterocycles. The average Bonchev–Trinajstić information content (AvgIpc) is 3.24. The minimum Gasteiger partial charge on any atom is -0.354 e. The van der Waals surface area contributed by atoms with Gasteiger partial charge in [-0.15, -0.1) is 0 Å². The van der Waals surface area contributed by atoms with Crippen molar-refractivity contribution in [3.8, 4) is 0 Å². The number of aryl methyl sites for hydroxylation is 2. The number of nitrogens with zero attached hydrogens (tertiary/aromatic N) is 5. The maximum Gasteiger partial charge on any atom is 0.228 e. The van der Waals surface area contributed by atoms with Crippen LogP contribution in [-0.2, 0) is 22.6 Å². The molecule has 0 unspecified atom stereocenters. The number of carbonyl (C=O) groups excluding carboxylic acids is 2. The van der Waals surface area contributed by atoms with Gasteiger partial charge in [0.05, 0.1) is 13.0 Å². The molecule has 27 heavy (non-hydrogen) atoms. The van der Waals surface area contributed by atoms with Crippen LogP contribution in [0.3, 0.4) is 0 Å². The Hall–Kier alpha value is -2.71. The van der Waals surface area contributed by atoms with Crippen molar-refractivity contribution >= 4 is 11.8 Å². The summed E-state index contributed by atoms with van der Waals surface area (Å²) in [5.41, 5.74) is 2.33. The first-order chi connectivity index (χ1) is 13.0. The number of hydrogen-bond acceptors (Lipinski definition) is 6. The van der Waals surface area contributed by atoms with E-state index in [0.29, 0.717) is 49.9 Å². The summed E-state index contributed by atoms with van der Waals surface area (Å²) >= 11 is 0. The lowest BCUT2D eigenvalue weighted by Gasteiger charge is -2.31. The SMILES string of the molecule is Cc1nonc1CC(=O)N1CCC(CC(=O)NCCn2nccc2C)CC1. The number of aromatic nitrogens is 4. The lowest BCUT2D eigenvalue weighted by molar-refractivity contribution is -0.132. The number of amides is 2. The van der Waals surface area contributed by atoms with Crippen molar-refractivity contribution in [3.05, 3.63) is 29.3 Å². The highest BCUT2D eigenvalue weighted by Gasteiger charge is 2.25. The largest absolute Gasteiger partial charge is 0.354 e. The van der Waals surface area contributed by atoms with E-state index in [1.54, 1.807) is 13.1 Å². The van der Waals surface area contributed by atoms with E-state index in [2.05, 4.69) is 25.4 Å². The zero-order chi connectivity index (χ0) is 19.2. The normalized spacial score (nSPS) is 15.1. The molecule has 1 aliphatic heterocycles. The molecule has 146 valence electrons. The third-order valence-electron chi connectivity index (χ3n) is 5.08. The van der Waals surface area contributed by atoms with E-state index in [1.807, 2.05) is 22.6 Å². The number of nitrogens with one attached hydrogen (secondary N) is 1. The van der Waals surface area contributed by atoms with Crippen molar-refractivity contribution < 1.29 is 14.2 Å². The van der Waals surface area contributed by atoms with Crippen LogP contribution < -0.4 is 5.32 Å². The quantitative estimate of drug-likeness (QED) is 0.771. The van der Waals surface area contributed by atoms with Gasteiger partial charge in [0.25, 0.3) is 0 Å². The summed E-state index contributed by atoms with van der Waals surface area (Å²) < 4.78 is 6.51. The van der Waals surface area contributed by atoms with Crippen LogP contribution in [0.1, 0.15) is 36.3 Å². The fourth-order valence-corrected chi connectivity index (χ4v) is 3.32. The summed E-state index contributed by atoms with van der Waals surface area (Å²) in [6.45, 7) is 6.36. The van der Waals surface area contributed by atoms with Gasteiger partial charge in [0.1, 0.15) is 11.4 Å². The fraction of sp³-hybridized carbons (Fsp3) is 0.611. The molecule has 0 bridgehead atoms. The Bertz CT molecular complexity index is 776. The number of carbonyl (C=O) groups is 2. The minimum absolute atomic E-state index is 0.0336. The summed E-state index contributed by atoms with van der Waals surface area (Å²) in [7, 11) is 0. The molecule has 0 aromatic carbocycles. The minimum atomic E-state index is 0.0336. The molecular weight excluding hydrogens is 348 g/mol. The van der Waals surface area contributed by atoms with E-state index in [-0.39, 0.29) is 18.2 Å². The van der Waals surface area contributed by atoms with Crippen molar-refractivity contribution in [1.29, 1.82) is 0 Å². The second-order valence-corrected chi connectivity index (χ2v) is 7.05. The van der Waals surface area contributed by atoms with Crippen molar-refractivity contribution in [2.24, 2.45) is 5.92 Å². The van der Waals surface area contributed by atoms with Gasteiger partial charge in [0.2, 0.25) is 11.8 Å². The monoisotopic (exact) mass is 374 g/mol. The Morgan fingerprint density at radius 2 is 2.04 bits per heavy atom. The van der Waals surface area contributed by atoms with Crippen LogP contribution in [-0.4, -0.2) is 56.4 Å². The molecule has 0 spiro atoms. The fourth-order valence-electron chi connectivity index (χ4n) is 3.32. The highest BCUT2D eigenvalue weighted by molar-refractivity contribution is 5.79. The number of rotatable bonds is 7. The highest BCUT2D eigenvalue weighted by Crippen LogP contribution is 2.21. The first-order valence-electron chi connectivity index (χ1n) is 9.34. The first kappa shape index (κ1) is 19.1. The lowest BCUT2D eigenvalue weighted by atomic mass is 9.93. The van der Waals surface area contributed by atoms with Crippen LogP contribution in [0.25, 0.3) is 0 Å². The zero-order valence-electron chi connectivity index (χ0n) is 15.8. The van der Waals surface area contributed by atoms with E-state index in [0.717, 1.165) is 18.5 Å². The van der Waals surface area contributed by atoms with Crippen LogP contribution in [0.4, 0.5) is 0 Å². The first-order valence-corrected chi connectivity index (χ1v) is 9.34. The molecule has 1 saturated heterocycles. The molecule has 1 aliphatic rings. The average molecular weight is 374 g/mol. The second-order valence-electron chi connectivity index (χ2n) is 7.05. The van der Waals surface area contributed by atoms with Crippen molar-refractivity contribution in [1.82, 2.24) is 30.3 Å². The van der Waals surface area contributed by atoms with Gasteiger partial charge >= 0.3 is 0 Å². The van der Waals surface area contributed by atoms with Gasteiger partial charge in [-0.1, -0.05) is 10.3 Å². The molecule has 0 saturated carbocycles. The molecular formula is C18H26N6O3. The molecule has 0 aliphatic carbocycles. The van der Waals surface area contributed by atoms with Crippen LogP contribution in [0.5, 0.6) is 0 Å². The van der Waals surface area contributed by atoms with E-state index < -0.39 is 0 Å². The van der Waals surface area contributed by atoms with E-state index in [9.17, 15) is 9.59 Å². The topological polar surface area (TPSA) is 106 Å². The summed E-state index contributed by atoms with van der Waals surface area (Å²) in [5.74, 6) is 0.413. The summed E-state index contributed by atoms with van der Waals surface area (Å²) in [5, 5.41) is 14.6. The molecule has 9 nitrogen and oxygen atoms in total. The van der Waals surface area contributed by atoms with Crippen molar-refractivity contribution in [3.63, 3.8) is 0 Å². The third-order valence-corrected chi connectivity index (χ3v) is 5.08. The molecule has 0 atom stereocenters. The number of hydrogen-bond donors (Lipinski definition) is 1. The van der Waals surface area contributed by atoms with Gasteiger partial charge in [-0.05, 0) is 38.7 Å². The number of likely N-dealkylation sites (tertiary alicyclic amines) is 1. The Balaban J connectivity index is 1.35. The molecule has 2 aromatic heterocycles. The van der Waals surface area contributed by atoms with E-state index in [4.69, 9.17) is 0 Å². The Kier molecular flexibility index (Phi) is 6.20. The predicted molar refractivity (Wildman–Crippen MR) is 96.6 cm³/mol. The van der Waals surface area contributed by atoms with Crippen LogP contribution in [0, 0.1) is 19.8 Å². The van der Waals surface area contributed by atoms with E-state index >= 15 is 0 Å². The molecule has 1 fully saturated rings. The van der Waals surface area contributed by atoms with Gasteiger partial charge < -0.3 is 10.2 Å². The Morgan fingerprint density at radius 1 is 1.26 bits per heavy atom. The van der Waals surface area contributed by atoms with Crippen LogP contribution in [0.15, 0.2) is 16.9 Å². The Labute approximate surface area is 158 Å². The van der Waals surface area contributed by atoms with Crippen LogP contribution in [0.2, 0.25) is 0 Å². The summed E-state index contributed by atoms with van der Waals surface area (Å²) in [6, 6.07) is 1.94. The molecule has 3 rings (SSSR count). The van der Waals surface area contributed by atoms with Gasteiger partial charge in [-0.2, -0.15) is 5.10 Å². The van der Waals surface area contributed by atoms with Gasteiger partial charge in [-0.3, -0.25) is 14.3 Å². The maximum absolute atomic E-state index is 12.4. The molecule has 2 aromatic rings. The van der Waals surface area contributed by atoms with Crippen molar-refractivity contribution in [2.45, 2.75) is 46.1 Å². The Morgan fingerprint density at radius 3 is 2.67 bits per heavy atom. The molecule has 2 amide bonds. The van der Waals surface area contributed by atoms with Gasteiger partial charge in [0, 0.05) is 37.9 Å². The van der Waals surface area contributed by atoms with Crippen LogP contribution >= 0.6 is 0 Å². The number of piperidine rings is 1. The standard InChI is InChI=1S/C18H26N6O3/c1-13-3-6-20-24(13)10-7-19-17(25)11-15-4-8-23(9-5-15)18(26)12-16-14(2)21-27-22-16/h3,6,15H,4-5,7-12H2,1-2H3,(H,19,25). The molecule has 1 N–H and O–H groups in total. The lowest BCUT2D eigenvalue weighted by Crippen LogP contribution is -2.40. The van der Waals surface area contributed by atoms with Gasteiger partial charge in [-0.25, -0.2) is 4.63 Å². The third kappa shape index (κ3) is 5.15. The van der Waals surface area contributed by atoms with Crippen molar-refractivity contribution in [2.75, 3.05) is 19.6 Å². The van der Waals surface area contributed by atoms with E-state index in [1.165, 1.54) is 0 Å².